The zero-order valence-electron chi connectivity index (χ0n) is 5.78. The van der Waals surface area contributed by atoms with Crippen molar-refractivity contribution in [1.82, 2.24) is 4.98 Å². The minimum Gasteiger partial charge on any atom is -0.396 e. The minimum atomic E-state index is -0.499. The van der Waals surface area contributed by atoms with Gasteiger partial charge < -0.3 is 15.2 Å². The van der Waals surface area contributed by atoms with E-state index < -0.39 is 4.92 Å². The van der Waals surface area contributed by atoms with E-state index in [1.54, 1.807) is 6.07 Å². The fourth-order valence-corrected chi connectivity index (χ4v) is 0.800. The van der Waals surface area contributed by atoms with Crippen LogP contribution < -0.4 is 0 Å². The SMILES string of the molecule is O=[N+]([O-])c1ccc(CCO)[nH]1. The maximum atomic E-state index is 10.1. The first-order chi connectivity index (χ1) is 5.24. The average molecular weight is 156 g/mol. The van der Waals surface area contributed by atoms with Gasteiger partial charge in [0.05, 0.1) is 6.61 Å². The van der Waals surface area contributed by atoms with Crippen LogP contribution in [0.4, 0.5) is 5.82 Å². The van der Waals surface area contributed by atoms with Crippen molar-refractivity contribution < 1.29 is 10.0 Å². The van der Waals surface area contributed by atoms with Crippen molar-refractivity contribution in [2.24, 2.45) is 0 Å². The molecule has 60 valence electrons. The maximum absolute atomic E-state index is 10.1. The molecule has 0 atom stereocenters. The topological polar surface area (TPSA) is 79.2 Å². The monoisotopic (exact) mass is 156 g/mol. The first-order valence-electron chi connectivity index (χ1n) is 3.17. The molecule has 2 N–H and O–H groups in total. The lowest BCUT2D eigenvalue weighted by atomic mass is 10.3. The summed E-state index contributed by atoms with van der Waals surface area (Å²) in [4.78, 5) is 12.2. The van der Waals surface area contributed by atoms with E-state index in [4.69, 9.17) is 5.11 Å². The fraction of sp³-hybridized carbons (Fsp3) is 0.333. The lowest BCUT2D eigenvalue weighted by molar-refractivity contribution is -0.389. The highest BCUT2D eigenvalue weighted by molar-refractivity contribution is 5.23. The van der Waals surface area contributed by atoms with Gasteiger partial charge in [-0.3, -0.25) is 0 Å². The molecular formula is C6H8N2O3. The Bertz CT molecular complexity index is 256. The Kier molecular flexibility index (Phi) is 2.22. The van der Waals surface area contributed by atoms with Gasteiger partial charge >= 0.3 is 5.82 Å². The summed E-state index contributed by atoms with van der Waals surface area (Å²) in [5.74, 6) is -0.0338. The predicted molar refractivity (Wildman–Crippen MR) is 38.2 cm³/mol. The third kappa shape index (κ3) is 1.78. The van der Waals surface area contributed by atoms with E-state index in [0.717, 1.165) is 0 Å². The van der Waals surface area contributed by atoms with Crippen LogP contribution in [-0.4, -0.2) is 21.6 Å². The molecule has 5 heteroatoms. The van der Waals surface area contributed by atoms with E-state index in [1.165, 1.54) is 6.07 Å². The highest BCUT2D eigenvalue weighted by Gasteiger charge is 2.06. The molecule has 0 bridgehead atoms. The van der Waals surface area contributed by atoms with Crippen molar-refractivity contribution in [2.45, 2.75) is 6.42 Å². The summed E-state index contributed by atoms with van der Waals surface area (Å²) < 4.78 is 0. The zero-order valence-corrected chi connectivity index (χ0v) is 5.78. The van der Waals surface area contributed by atoms with Crippen LogP contribution in [0.1, 0.15) is 5.69 Å². The number of aliphatic hydroxyl groups is 1. The van der Waals surface area contributed by atoms with E-state index in [0.29, 0.717) is 12.1 Å². The van der Waals surface area contributed by atoms with Gasteiger partial charge in [-0.05, 0) is 11.0 Å². The Labute approximate surface area is 62.8 Å². The lowest BCUT2D eigenvalue weighted by Gasteiger charge is -1.88. The summed E-state index contributed by atoms with van der Waals surface area (Å²) in [6, 6.07) is 2.97. The zero-order chi connectivity index (χ0) is 8.27. The van der Waals surface area contributed by atoms with Crippen LogP contribution in [0.3, 0.4) is 0 Å². The molecule has 0 amide bonds. The number of hydrogen-bond donors (Lipinski definition) is 2. The van der Waals surface area contributed by atoms with Gasteiger partial charge in [0.25, 0.3) is 0 Å². The van der Waals surface area contributed by atoms with Gasteiger partial charge in [-0.15, -0.1) is 0 Å². The Hall–Kier alpha value is -1.36. The average Bonchev–Trinajstić information content (AvgIpc) is 2.37. The molecular weight excluding hydrogens is 148 g/mol. The quantitative estimate of drug-likeness (QED) is 0.492. The van der Waals surface area contributed by atoms with E-state index in [1.807, 2.05) is 0 Å². The number of H-pyrrole nitrogens is 1. The Morgan fingerprint density at radius 1 is 1.64 bits per heavy atom. The molecule has 0 unspecified atom stereocenters. The number of aliphatic hydroxyl groups excluding tert-OH is 1. The van der Waals surface area contributed by atoms with Crippen molar-refractivity contribution >= 4 is 5.82 Å². The van der Waals surface area contributed by atoms with Crippen LogP contribution in [-0.2, 0) is 6.42 Å². The molecule has 0 fully saturated rings. The molecule has 0 aliphatic carbocycles. The highest BCUT2D eigenvalue weighted by atomic mass is 16.6. The second-order valence-corrected chi connectivity index (χ2v) is 2.10. The number of aromatic amines is 1. The number of nitrogens with one attached hydrogen (secondary N) is 1. The van der Waals surface area contributed by atoms with Crippen molar-refractivity contribution in [3.63, 3.8) is 0 Å². The summed E-state index contributed by atoms with van der Waals surface area (Å²) in [6.45, 7) is -0.00231. The van der Waals surface area contributed by atoms with Gasteiger partial charge in [-0.25, -0.2) is 4.98 Å². The summed E-state index contributed by atoms with van der Waals surface area (Å²) >= 11 is 0. The molecule has 0 saturated carbocycles. The molecule has 0 spiro atoms. The van der Waals surface area contributed by atoms with Gasteiger partial charge in [-0.2, -0.15) is 0 Å². The molecule has 5 nitrogen and oxygen atoms in total. The van der Waals surface area contributed by atoms with Gasteiger partial charge in [0, 0.05) is 12.5 Å². The van der Waals surface area contributed by atoms with Crippen molar-refractivity contribution in [3.05, 3.63) is 27.9 Å². The molecule has 0 aliphatic heterocycles. The van der Waals surface area contributed by atoms with E-state index in [-0.39, 0.29) is 12.4 Å². The maximum Gasteiger partial charge on any atom is 0.321 e. The fourth-order valence-electron chi connectivity index (χ4n) is 0.800. The second kappa shape index (κ2) is 3.16. The van der Waals surface area contributed by atoms with Crippen LogP contribution in [0, 0.1) is 10.1 Å². The van der Waals surface area contributed by atoms with Gasteiger partial charge in [-0.1, -0.05) is 0 Å². The van der Waals surface area contributed by atoms with Crippen LogP contribution in [0.2, 0.25) is 0 Å². The molecule has 11 heavy (non-hydrogen) atoms. The van der Waals surface area contributed by atoms with Crippen LogP contribution >= 0.6 is 0 Å². The van der Waals surface area contributed by atoms with Crippen LogP contribution in [0.25, 0.3) is 0 Å². The number of nitro groups is 1. The van der Waals surface area contributed by atoms with E-state index >= 15 is 0 Å². The first-order valence-corrected chi connectivity index (χ1v) is 3.17. The molecule has 0 aliphatic rings. The number of hydrogen-bond acceptors (Lipinski definition) is 3. The van der Waals surface area contributed by atoms with Crippen molar-refractivity contribution in [3.8, 4) is 0 Å². The lowest BCUT2D eigenvalue weighted by Crippen LogP contribution is -1.92. The summed E-state index contributed by atoms with van der Waals surface area (Å²) in [5.41, 5.74) is 0.680. The number of nitrogens with zero attached hydrogens (tertiary/aromatic N) is 1. The van der Waals surface area contributed by atoms with Gasteiger partial charge in [0.2, 0.25) is 0 Å². The largest absolute Gasteiger partial charge is 0.396 e. The second-order valence-electron chi connectivity index (χ2n) is 2.10. The molecule has 1 aromatic heterocycles. The van der Waals surface area contributed by atoms with E-state index in [2.05, 4.69) is 4.98 Å². The molecule has 0 radical (unpaired) electrons. The Balaban J connectivity index is 2.73. The molecule has 1 heterocycles. The summed E-state index contributed by atoms with van der Waals surface area (Å²) in [6.07, 6.45) is 0.424. The van der Waals surface area contributed by atoms with Crippen molar-refractivity contribution in [2.75, 3.05) is 6.61 Å². The smallest absolute Gasteiger partial charge is 0.321 e. The predicted octanol–water partition coefficient (Wildman–Crippen LogP) is 0.458. The normalized spacial score (nSPS) is 9.91. The van der Waals surface area contributed by atoms with Crippen LogP contribution in [0.15, 0.2) is 12.1 Å². The highest BCUT2D eigenvalue weighted by Crippen LogP contribution is 2.09. The van der Waals surface area contributed by atoms with E-state index in [9.17, 15) is 10.1 Å². The third-order valence-electron chi connectivity index (χ3n) is 1.31. The van der Waals surface area contributed by atoms with Crippen molar-refractivity contribution in [1.29, 1.82) is 0 Å². The molecule has 1 rings (SSSR count). The van der Waals surface area contributed by atoms with Gasteiger partial charge in [0.15, 0.2) is 0 Å². The van der Waals surface area contributed by atoms with Crippen LogP contribution in [0.5, 0.6) is 0 Å². The van der Waals surface area contributed by atoms with Gasteiger partial charge in [0.1, 0.15) is 5.69 Å². The number of rotatable bonds is 3. The molecule has 1 aromatic rings. The standard InChI is InChI=1S/C6H8N2O3/c9-4-3-5-1-2-6(7-5)8(10)11/h1-2,7,9H,3-4H2. The number of aromatic nitrogens is 1. The first kappa shape index (κ1) is 7.74. The Morgan fingerprint density at radius 3 is 2.82 bits per heavy atom. The Morgan fingerprint density at radius 2 is 2.36 bits per heavy atom. The minimum absolute atomic E-state index is 0.00231. The molecule has 0 aromatic carbocycles. The third-order valence-corrected chi connectivity index (χ3v) is 1.31. The summed E-state index contributed by atoms with van der Waals surface area (Å²) in [5, 5.41) is 18.6. The molecule has 0 saturated heterocycles. The summed E-state index contributed by atoms with van der Waals surface area (Å²) in [7, 11) is 0.